The van der Waals surface area contributed by atoms with Gasteiger partial charge < -0.3 is 18.9 Å². The Morgan fingerprint density at radius 1 is 1.18 bits per heavy atom. The molecule has 2 aliphatic rings. The van der Waals surface area contributed by atoms with Crippen LogP contribution >= 0.6 is 0 Å². The van der Waals surface area contributed by atoms with Crippen LogP contribution in [0.25, 0.3) is 0 Å². The number of methoxy groups -OCH3 is 1. The number of hydrogen-bond donors (Lipinski definition) is 0. The van der Waals surface area contributed by atoms with E-state index in [0.29, 0.717) is 47.8 Å². The number of nitrogens with zero attached hydrogens (tertiary/aromatic N) is 2. The number of halogens is 2. The van der Waals surface area contributed by atoms with Crippen molar-refractivity contribution in [1.29, 1.82) is 0 Å². The van der Waals surface area contributed by atoms with Crippen molar-refractivity contribution in [1.82, 2.24) is 9.97 Å². The smallest absolute Gasteiger partial charge is 0.322 e. The summed E-state index contributed by atoms with van der Waals surface area (Å²) in [7, 11) is 1.36. The fourth-order valence-corrected chi connectivity index (χ4v) is 4.25. The molecule has 0 fully saturated rings. The number of esters is 1. The summed E-state index contributed by atoms with van der Waals surface area (Å²) in [6, 6.07) is 8.21. The van der Waals surface area contributed by atoms with E-state index in [1.54, 1.807) is 12.1 Å². The Labute approximate surface area is 188 Å². The van der Waals surface area contributed by atoms with Crippen LogP contribution < -0.4 is 14.2 Å². The maximum Gasteiger partial charge on any atom is 0.322 e. The first kappa shape index (κ1) is 21.1. The Morgan fingerprint density at radius 2 is 2.00 bits per heavy atom. The first-order valence-corrected chi connectivity index (χ1v) is 10.5. The van der Waals surface area contributed by atoms with Crippen molar-refractivity contribution in [3.8, 4) is 23.3 Å². The Hall–Kier alpha value is -3.75. The second-order valence-electron chi connectivity index (χ2n) is 7.86. The second kappa shape index (κ2) is 8.65. The van der Waals surface area contributed by atoms with E-state index in [2.05, 4.69) is 9.97 Å². The summed E-state index contributed by atoms with van der Waals surface area (Å²) in [5.74, 6) is 0.263. The molecule has 0 saturated heterocycles. The van der Waals surface area contributed by atoms with Crippen molar-refractivity contribution in [3.63, 3.8) is 0 Å². The molecule has 2 heterocycles. The molecule has 33 heavy (non-hydrogen) atoms. The van der Waals surface area contributed by atoms with Crippen LogP contribution in [0.5, 0.6) is 23.3 Å². The molecular formula is C24H20F2N2O5. The molecule has 0 radical (unpaired) electrons. The summed E-state index contributed by atoms with van der Waals surface area (Å²) >= 11 is 0. The highest BCUT2D eigenvalue weighted by atomic mass is 19.1. The molecule has 0 bridgehead atoms. The lowest BCUT2D eigenvalue weighted by molar-refractivity contribution is -0.141. The quantitative estimate of drug-likeness (QED) is 0.502. The van der Waals surface area contributed by atoms with Crippen molar-refractivity contribution in [2.75, 3.05) is 13.7 Å². The number of fused-ring (bicyclic) bond motifs is 2. The summed E-state index contributed by atoms with van der Waals surface area (Å²) in [4.78, 5) is 19.2. The van der Waals surface area contributed by atoms with Gasteiger partial charge in [0.1, 0.15) is 29.2 Å². The summed E-state index contributed by atoms with van der Waals surface area (Å²) < 4.78 is 50.1. The monoisotopic (exact) mass is 454 g/mol. The lowest BCUT2D eigenvalue weighted by atomic mass is 9.98. The zero-order valence-electron chi connectivity index (χ0n) is 17.7. The fraction of sp³-hybridized carbons (Fsp3) is 0.292. The van der Waals surface area contributed by atoms with Gasteiger partial charge in [-0.2, -0.15) is 0 Å². The largest absolute Gasteiger partial charge is 0.492 e. The van der Waals surface area contributed by atoms with Crippen LogP contribution in [0.4, 0.5) is 8.78 Å². The number of benzene rings is 2. The lowest BCUT2D eigenvalue weighted by Gasteiger charge is -2.17. The molecule has 9 heteroatoms. The standard InChI is InChI=1S/C24H20F2N2O5/c1-30-22(29)8-13-12-31-21-9-15(2-3-16(13)21)32-20-6-4-17-19(7-5-18(26)23(17)20)33-24-27-10-14(25)11-28-24/h2-3,5,7,9-11,13,20H,4,6,8,12H2,1H3/t13?,20-/m1/s1. The predicted molar refractivity (Wildman–Crippen MR) is 111 cm³/mol. The summed E-state index contributed by atoms with van der Waals surface area (Å²) in [6.07, 6.45) is 2.83. The molecule has 2 aromatic carbocycles. The number of carbonyl (C=O) groups is 1. The molecule has 1 aromatic heterocycles. The van der Waals surface area contributed by atoms with Crippen molar-refractivity contribution < 1.29 is 32.5 Å². The van der Waals surface area contributed by atoms with Crippen molar-refractivity contribution in [2.24, 2.45) is 0 Å². The zero-order valence-corrected chi connectivity index (χ0v) is 17.7. The van der Waals surface area contributed by atoms with Crippen molar-refractivity contribution in [2.45, 2.75) is 31.3 Å². The molecule has 0 spiro atoms. The molecule has 1 aliphatic heterocycles. The Balaban J connectivity index is 1.35. The molecule has 1 unspecified atom stereocenters. The van der Waals surface area contributed by atoms with Crippen LogP contribution in [0.2, 0.25) is 0 Å². The van der Waals surface area contributed by atoms with Crippen LogP contribution in [-0.2, 0) is 16.0 Å². The minimum absolute atomic E-state index is 0.0214. The van der Waals surface area contributed by atoms with E-state index in [9.17, 15) is 13.6 Å². The average Bonchev–Trinajstić information content (AvgIpc) is 3.42. The molecule has 5 rings (SSSR count). The third kappa shape index (κ3) is 4.18. The second-order valence-corrected chi connectivity index (χ2v) is 7.86. The van der Waals surface area contributed by atoms with Gasteiger partial charge in [-0.25, -0.2) is 18.7 Å². The van der Waals surface area contributed by atoms with Crippen molar-refractivity contribution >= 4 is 5.97 Å². The highest BCUT2D eigenvalue weighted by molar-refractivity contribution is 5.71. The number of rotatable bonds is 6. The number of carbonyl (C=O) groups excluding carboxylic acids is 1. The van der Waals surface area contributed by atoms with Crippen molar-refractivity contribution in [3.05, 3.63) is 71.1 Å². The first-order chi connectivity index (χ1) is 16.0. The minimum atomic E-state index is -0.574. The molecule has 7 nitrogen and oxygen atoms in total. The third-order valence-corrected chi connectivity index (χ3v) is 5.82. The highest BCUT2D eigenvalue weighted by Gasteiger charge is 2.32. The van der Waals surface area contributed by atoms with Crippen LogP contribution in [-0.4, -0.2) is 29.7 Å². The van der Waals surface area contributed by atoms with Crippen LogP contribution in [0.1, 0.15) is 41.6 Å². The highest BCUT2D eigenvalue weighted by Crippen LogP contribution is 2.44. The van der Waals surface area contributed by atoms with E-state index in [-0.39, 0.29) is 24.3 Å². The van der Waals surface area contributed by atoms with E-state index < -0.39 is 17.7 Å². The third-order valence-electron chi connectivity index (χ3n) is 5.82. The van der Waals surface area contributed by atoms with Gasteiger partial charge >= 0.3 is 12.0 Å². The average molecular weight is 454 g/mol. The van der Waals surface area contributed by atoms with Crippen LogP contribution in [0.3, 0.4) is 0 Å². The minimum Gasteiger partial charge on any atom is -0.492 e. The van der Waals surface area contributed by atoms with Gasteiger partial charge in [-0.15, -0.1) is 0 Å². The number of aromatic nitrogens is 2. The summed E-state index contributed by atoms with van der Waals surface area (Å²) in [5, 5.41) is 0. The molecule has 0 amide bonds. The normalized spacial score (nSPS) is 18.3. The molecule has 2 atom stereocenters. The van der Waals surface area contributed by atoms with Crippen LogP contribution in [0, 0.1) is 11.6 Å². The predicted octanol–water partition coefficient (Wildman–Crippen LogP) is 4.65. The van der Waals surface area contributed by atoms with E-state index >= 15 is 0 Å². The van der Waals surface area contributed by atoms with Gasteiger partial charge in [0.25, 0.3) is 0 Å². The van der Waals surface area contributed by atoms with E-state index in [0.717, 1.165) is 18.0 Å². The first-order valence-electron chi connectivity index (χ1n) is 10.5. The Bertz CT molecular complexity index is 1200. The molecule has 3 aromatic rings. The molecule has 0 saturated carbocycles. The Kier molecular flexibility index (Phi) is 5.53. The number of ether oxygens (including phenoxy) is 4. The summed E-state index contributed by atoms with van der Waals surface area (Å²) in [5.41, 5.74) is 2.00. The lowest BCUT2D eigenvalue weighted by Crippen LogP contribution is -2.09. The van der Waals surface area contributed by atoms with Gasteiger partial charge in [-0.05, 0) is 31.0 Å². The van der Waals surface area contributed by atoms with Gasteiger partial charge in [0.15, 0.2) is 5.82 Å². The molecular weight excluding hydrogens is 434 g/mol. The fourth-order valence-electron chi connectivity index (χ4n) is 4.25. The topological polar surface area (TPSA) is 79.8 Å². The maximum absolute atomic E-state index is 14.8. The zero-order chi connectivity index (χ0) is 22.9. The number of hydrogen-bond acceptors (Lipinski definition) is 7. The van der Waals surface area contributed by atoms with E-state index in [1.807, 2.05) is 6.07 Å². The van der Waals surface area contributed by atoms with E-state index in [1.165, 1.54) is 19.2 Å². The summed E-state index contributed by atoms with van der Waals surface area (Å²) in [6.45, 7) is 0.390. The van der Waals surface area contributed by atoms with Gasteiger partial charge in [0, 0.05) is 28.7 Å². The molecule has 1 aliphatic carbocycles. The van der Waals surface area contributed by atoms with Gasteiger partial charge in [-0.1, -0.05) is 6.07 Å². The van der Waals surface area contributed by atoms with E-state index in [4.69, 9.17) is 18.9 Å². The van der Waals surface area contributed by atoms with Gasteiger partial charge in [0.05, 0.1) is 32.5 Å². The van der Waals surface area contributed by atoms with Crippen LogP contribution in [0.15, 0.2) is 42.7 Å². The van der Waals surface area contributed by atoms with Gasteiger partial charge in [-0.3, -0.25) is 4.79 Å². The molecule has 0 N–H and O–H groups in total. The maximum atomic E-state index is 14.8. The van der Waals surface area contributed by atoms with Gasteiger partial charge in [0.2, 0.25) is 0 Å². The SMILES string of the molecule is COC(=O)CC1COc2cc(O[C@@H]3CCc4c(Oc5ncc(F)cn5)ccc(F)c43)ccc21. The molecule has 170 valence electrons. The Morgan fingerprint density at radius 3 is 2.79 bits per heavy atom.